The van der Waals surface area contributed by atoms with Gasteiger partial charge in [0.05, 0.1) is 6.21 Å². The standard InChI is InChI=1S/C17H32N2O3S/c1-16(2,3)22-15(20)19-11-7-9-14(10-8-12-19)13-18-23(21)17(4,5)6/h13-14H,7-12H2,1-6H3/b18-13+/t23-/m1/s1. The molecule has 134 valence electrons. The summed E-state index contributed by atoms with van der Waals surface area (Å²) in [5.41, 5.74) is -0.453. The first-order chi connectivity index (χ1) is 10.5. The minimum atomic E-state index is -1.19. The highest BCUT2D eigenvalue weighted by Crippen LogP contribution is 2.21. The molecule has 0 aromatic rings. The molecular weight excluding hydrogens is 312 g/mol. The summed E-state index contributed by atoms with van der Waals surface area (Å²) in [6.45, 7) is 12.9. The molecule has 1 fully saturated rings. The van der Waals surface area contributed by atoms with Gasteiger partial charge in [-0.25, -0.2) is 4.79 Å². The molecule has 5 nitrogen and oxygen atoms in total. The highest BCUT2D eigenvalue weighted by atomic mass is 32.2. The van der Waals surface area contributed by atoms with E-state index in [1.165, 1.54) is 0 Å². The lowest BCUT2D eigenvalue weighted by atomic mass is 9.97. The molecule has 1 atom stereocenters. The minimum absolute atomic E-state index is 0.224. The molecule has 1 saturated heterocycles. The molecule has 0 aliphatic carbocycles. The van der Waals surface area contributed by atoms with Gasteiger partial charge in [-0.2, -0.15) is 0 Å². The molecule has 1 rings (SSSR count). The number of hydrogen-bond acceptors (Lipinski definition) is 4. The van der Waals surface area contributed by atoms with Crippen LogP contribution in [-0.2, 0) is 16.1 Å². The summed E-state index contributed by atoms with van der Waals surface area (Å²) in [4.78, 5) is 13.9. The van der Waals surface area contributed by atoms with E-state index in [-0.39, 0.29) is 10.8 Å². The van der Waals surface area contributed by atoms with Crippen molar-refractivity contribution in [2.45, 2.75) is 77.6 Å². The van der Waals surface area contributed by atoms with E-state index in [0.717, 1.165) is 25.7 Å². The van der Waals surface area contributed by atoms with E-state index >= 15 is 0 Å². The number of rotatable bonds is 2. The Morgan fingerprint density at radius 1 is 1.17 bits per heavy atom. The van der Waals surface area contributed by atoms with Crippen LogP contribution in [0.2, 0.25) is 0 Å². The highest BCUT2D eigenvalue weighted by molar-refractivity contribution is 7.91. The van der Waals surface area contributed by atoms with Gasteiger partial charge in [-0.05, 0) is 73.1 Å². The first kappa shape index (κ1) is 20.3. The number of hydrogen-bond donors (Lipinski definition) is 0. The number of likely N-dealkylation sites (tertiary alicyclic amines) is 1. The Hall–Kier alpha value is -0.750. The molecule has 0 radical (unpaired) electrons. The largest absolute Gasteiger partial charge is 0.591 e. The van der Waals surface area contributed by atoms with Crippen LogP contribution in [-0.4, -0.2) is 45.2 Å². The zero-order valence-electron chi connectivity index (χ0n) is 15.4. The molecule has 6 heteroatoms. The number of nitrogens with zero attached hydrogens (tertiary/aromatic N) is 2. The predicted molar refractivity (Wildman–Crippen MR) is 96.2 cm³/mol. The average Bonchev–Trinajstić information content (AvgIpc) is 2.33. The van der Waals surface area contributed by atoms with Crippen LogP contribution in [0.15, 0.2) is 4.40 Å². The summed E-state index contributed by atoms with van der Waals surface area (Å²) in [7, 11) is 0. The fraction of sp³-hybridized carbons (Fsp3) is 0.882. The monoisotopic (exact) mass is 344 g/mol. The summed E-state index contributed by atoms with van der Waals surface area (Å²) in [6, 6.07) is 0. The third-order valence-corrected chi connectivity index (χ3v) is 4.91. The molecule has 1 heterocycles. The van der Waals surface area contributed by atoms with Crippen LogP contribution in [0.5, 0.6) is 0 Å². The van der Waals surface area contributed by atoms with Crippen LogP contribution >= 0.6 is 0 Å². The number of carbonyl (C=O) groups excluding carboxylic acids is 1. The van der Waals surface area contributed by atoms with Crippen molar-refractivity contribution in [3.05, 3.63) is 0 Å². The summed E-state index contributed by atoms with van der Waals surface area (Å²) in [5.74, 6) is 0.349. The van der Waals surface area contributed by atoms with Crippen molar-refractivity contribution in [1.29, 1.82) is 0 Å². The summed E-state index contributed by atoms with van der Waals surface area (Å²) in [5, 5.41) is 0. The SMILES string of the molecule is CC(C)(C)OC(=O)N1CCCC(/C=N/[S@+]([O-])C(C)(C)C)CCC1. The molecule has 0 aromatic heterocycles. The first-order valence-electron chi connectivity index (χ1n) is 8.43. The zero-order valence-corrected chi connectivity index (χ0v) is 16.2. The molecule has 0 saturated carbocycles. The second kappa shape index (κ2) is 8.38. The maximum Gasteiger partial charge on any atom is 0.410 e. The normalized spacial score (nSPS) is 20.2. The van der Waals surface area contributed by atoms with Gasteiger partial charge in [0.15, 0.2) is 0 Å². The fourth-order valence-corrected chi connectivity index (χ4v) is 2.90. The average molecular weight is 345 g/mol. The first-order valence-corrected chi connectivity index (χ1v) is 9.54. The van der Waals surface area contributed by atoms with Crippen molar-refractivity contribution in [2.24, 2.45) is 10.3 Å². The molecule has 0 unspecified atom stereocenters. The molecule has 1 aliphatic rings. The third-order valence-electron chi connectivity index (χ3n) is 3.55. The van der Waals surface area contributed by atoms with Crippen molar-refractivity contribution in [3.63, 3.8) is 0 Å². The smallest absolute Gasteiger partial charge is 0.410 e. The lowest BCUT2D eigenvalue weighted by Crippen LogP contribution is -2.39. The second-order valence-electron chi connectivity index (χ2n) is 8.13. The molecular formula is C17H32N2O3S. The van der Waals surface area contributed by atoms with Crippen LogP contribution in [0.4, 0.5) is 4.79 Å². The summed E-state index contributed by atoms with van der Waals surface area (Å²) >= 11 is -1.19. The quantitative estimate of drug-likeness (QED) is 0.563. The predicted octanol–water partition coefficient (Wildman–Crippen LogP) is 3.95. The van der Waals surface area contributed by atoms with Gasteiger partial charge in [-0.3, -0.25) is 0 Å². The van der Waals surface area contributed by atoms with Crippen molar-refractivity contribution in [1.82, 2.24) is 4.90 Å². The molecule has 1 amide bonds. The fourth-order valence-electron chi connectivity index (χ4n) is 2.30. The van der Waals surface area contributed by atoms with Crippen LogP contribution in [0.3, 0.4) is 0 Å². The van der Waals surface area contributed by atoms with Crippen LogP contribution < -0.4 is 0 Å². The maximum absolute atomic E-state index is 12.1. The van der Waals surface area contributed by atoms with Crippen LogP contribution in [0, 0.1) is 5.92 Å². The van der Waals surface area contributed by atoms with Crippen molar-refractivity contribution < 1.29 is 14.1 Å². The van der Waals surface area contributed by atoms with E-state index in [2.05, 4.69) is 4.40 Å². The highest BCUT2D eigenvalue weighted by Gasteiger charge is 2.27. The minimum Gasteiger partial charge on any atom is -0.591 e. The Bertz CT molecular complexity index is 403. The van der Waals surface area contributed by atoms with Crippen LogP contribution in [0.25, 0.3) is 0 Å². The van der Waals surface area contributed by atoms with E-state index in [0.29, 0.717) is 19.0 Å². The second-order valence-corrected chi connectivity index (χ2v) is 10.1. The Morgan fingerprint density at radius 3 is 2.13 bits per heavy atom. The van der Waals surface area contributed by atoms with E-state index in [1.807, 2.05) is 47.8 Å². The van der Waals surface area contributed by atoms with Gasteiger partial charge in [0, 0.05) is 13.1 Å². The Balaban J connectivity index is 2.48. The van der Waals surface area contributed by atoms with Gasteiger partial charge in [0.2, 0.25) is 0 Å². The van der Waals surface area contributed by atoms with Crippen molar-refractivity contribution in [3.8, 4) is 0 Å². The number of carbonyl (C=O) groups is 1. The molecule has 23 heavy (non-hydrogen) atoms. The van der Waals surface area contributed by atoms with Crippen molar-refractivity contribution >= 4 is 23.7 Å². The third kappa shape index (κ3) is 8.06. The molecule has 0 spiro atoms. The van der Waals surface area contributed by atoms with E-state index < -0.39 is 17.0 Å². The van der Waals surface area contributed by atoms with Gasteiger partial charge < -0.3 is 14.2 Å². The zero-order chi connectivity index (χ0) is 17.7. The van der Waals surface area contributed by atoms with E-state index in [4.69, 9.17) is 4.74 Å². The van der Waals surface area contributed by atoms with Gasteiger partial charge in [-0.15, -0.1) is 0 Å². The van der Waals surface area contributed by atoms with Crippen molar-refractivity contribution in [2.75, 3.05) is 13.1 Å². The lowest BCUT2D eigenvalue weighted by Gasteiger charge is -2.29. The van der Waals surface area contributed by atoms with Crippen LogP contribution in [0.1, 0.15) is 67.2 Å². The molecule has 0 bridgehead atoms. The Kier molecular flexibility index (Phi) is 7.39. The van der Waals surface area contributed by atoms with Gasteiger partial charge in [-0.1, -0.05) is 4.40 Å². The summed E-state index contributed by atoms with van der Waals surface area (Å²) < 4.78 is 21.3. The molecule has 1 aliphatic heterocycles. The van der Waals surface area contributed by atoms with Gasteiger partial charge in [0.25, 0.3) is 0 Å². The summed E-state index contributed by atoms with van der Waals surface area (Å²) in [6.07, 6.45) is 5.40. The maximum atomic E-state index is 12.1. The van der Waals surface area contributed by atoms with E-state index in [1.54, 1.807) is 4.90 Å². The van der Waals surface area contributed by atoms with Gasteiger partial charge in [0.1, 0.15) is 21.7 Å². The topological polar surface area (TPSA) is 65.0 Å². The Labute approximate surface area is 144 Å². The lowest BCUT2D eigenvalue weighted by molar-refractivity contribution is 0.0233. The molecule has 0 aromatic carbocycles. The number of amides is 1. The number of ether oxygens (including phenoxy) is 1. The van der Waals surface area contributed by atoms with Gasteiger partial charge >= 0.3 is 6.09 Å². The molecule has 0 N–H and O–H groups in total. The van der Waals surface area contributed by atoms with E-state index in [9.17, 15) is 9.35 Å². The Morgan fingerprint density at radius 2 is 1.70 bits per heavy atom.